The highest BCUT2D eigenvalue weighted by atomic mass is 32.2. The first kappa shape index (κ1) is 18.9. The molecule has 0 spiro atoms. The maximum atomic E-state index is 14.0. The molecule has 1 atom stereocenters. The first-order valence-electron chi connectivity index (χ1n) is 8.80. The van der Waals surface area contributed by atoms with Gasteiger partial charge in [0.15, 0.2) is 5.82 Å². The van der Waals surface area contributed by atoms with E-state index in [1.807, 2.05) is 29.1 Å². The molecule has 0 radical (unpaired) electrons. The molecule has 3 rings (SSSR count). The van der Waals surface area contributed by atoms with Crippen molar-refractivity contribution in [3.8, 4) is 0 Å². The molecular weight excluding hydrogens is 357 g/mol. The van der Waals surface area contributed by atoms with E-state index in [0.29, 0.717) is 31.6 Å². The predicted octanol–water partition coefficient (Wildman–Crippen LogP) is 1.25. The Morgan fingerprint density at radius 3 is 2.50 bits per heavy atom. The number of sulfonamides is 1. The zero-order valence-corrected chi connectivity index (χ0v) is 16.0. The van der Waals surface area contributed by atoms with E-state index < -0.39 is 21.1 Å². The molecule has 0 aromatic carbocycles. The van der Waals surface area contributed by atoms with Crippen molar-refractivity contribution in [1.29, 1.82) is 0 Å². The summed E-state index contributed by atoms with van der Waals surface area (Å²) in [6.07, 6.45) is 8.09. The van der Waals surface area contributed by atoms with Gasteiger partial charge in [-0.15, -0.1) is 0 Å². The van der Waals surface area contributed by atoms with E-state index in [0.717, 1.165) is 19.2 Å². The maximum Gasteiger partial charge on any atom is 0.217 e. The molecule has 0 bridgehead atoms. The van der Waals surface area contributed by atoms with E-state index in [9.17, 15) is 12.8 Å². The van der Waals surface area contributed by atoms with E-state index in [1.54, 1.807) is 7.05 Å². The number of likely N-dealkylation sites (N-methyl/N-ethyl adjacent to an activating group) is 1. The third-order valence-corrected chi connectivity index (χ3v) is 7.68. The molecule has 7 nitrogen and oxygen atoms in total. The number of nitrogens with zero attached hydrogens (tertiary/aromatic N) is 4. The van der Waals surface area contributed by atoms with Crippen LogP contribution in [0.1, 0.15) is 19.3 Å². The van der Waals surface area contributed by atoms with Gasteiger partial charge in [-0.2, -0.15) is 4.31 Å². The van der Waals surface area contributed by atoms with E-state index in [1.165, 1.54) is 10.5 Å². The molecule has 2 aliphatic rings. The number of halogens is 1. The van der Waals surface area contributed by atoms with Gasteiger partial charge in [-0.05, 0) is 25.5 Å². The van der Waals surface area contributed by atoms with Gasteiger partial charge in [0.2, 0.25) is 10.0 Å². The van der Waals surface area contributed by atoms with Crippen LogP contribution in [0.3, 0.4) is 0 Å². The Balaban J connectivity index is 1.68. The molecule has 26 heavy (non-hydrogen) atoms. The van der Waals surface area contributed by atoms with Crippen molar-refractivity contribution in [3.63, 3.8) is 0 Å². The normalized spacial score (nSPS) is 22.2. The molecule has 2 aliphatic heterocycles. The molecule has 1 aromatic heterocycles. The minimum Gasteiger partial charge on any atom is -0.396 e. The fourth-order valence-corrected chi connectivity index (χ4v) is 5.46. The Hall–Kier alpha value is -1.87. The molecule has 144 valence electrons. The predicted molar refractivity (Wildman–Crippen MR) is 101 cm³/mol. The third-order valence-electron chi connectivity index (χ3n) is 5.29. The van der Waals surface area contributed by atoms with Gasteiger partial charge in [0, 0.05) is 39.8 Å². The molecule has 3 heterocycles. The Labute approximate surface area is 154 Å². The molecule has 0 aliphatic carbocycles. The van der Waals surface area contributed by atoms with E-state index in [4.69, 9.17) is 5.73 Å². The van der Waals surface area contributed by atoms with Crippen molar-refractivity contribution in [1.82, 2.24) is 14.2 Å². The molecule has 9 heteroatoms. The van der Waals surface area contributed by atoms with Crippen LogP contribution in [0.2, 0.25) is 0 Å². The molecule has 1 saturated heterocycles. The first-order valence-corrected chi connectivity index (χ1v) is 10.3. The van der Waals surface area contributed by atoms with Crippen molar-refractivity contribution in [2.24, 2.45) is 0 Å². The van der Waals surface area contributed by atoms with Crippen LogP contribution in [0.15, 0.2) is 24.7 Å². The summed E-state index contributed by atoms with van der Waals surface area (Å²) in [7, 11) is 0.223. The standard InChI is InChI=1S/C17H26FN5O2S/c1-21-7-3-13(4-8-21)22(2)26(24,25)14-5-9-23(10-6-14)17-15(18)11-20-12-16(17)19/h3,7,11-14H,4-6,8-10,19H2,1-2H3. The number of pyridine rings is 1. The Bertz CT molecular complexity index is 757. The summed E-state index contributed by atoms with van der Waals surface area (Å²) in [6, 6.07) is -0.109. The maximum absolute atomic E-state index is 14.0. The van der Waals surface area contributed by atoms with Crippen LogP contribution in [0, 0.1) is 5.82 Å². The van der Waals surface area contributed by atoms with Crippen molar-refractivity contribution in [2.75, 3.05) is 44.4 Å². The summed E-state index contributed by atoms with van der Waals surface area (Å²) >= 11 is 0. The fourth-order valence-electron chi connectivity index (χ4n) is 3.63. The first-order chi connectivity index (χ1) is 12.3. The number of anilines is 2. The number of aromatic nitrogens is 1. The van der Waals surface area contributed by atoms with Gasteiger partial charge >= 0.3 is 0 Å². The molecule has 1 aromatic rings. The van der Waals surface area contributed by atoms with Crippen LogP contribution in [0.25, 0.3) is 0 Å². The minimum atomic E-state index is -3.41. The Kier molecular flexibility index (Phi) is 5.38. The lowest BCUT2D eigenvalue weighted by molar-refractivity contribution is 0.322. The van der Waals surface area contributed by atoms with Crippen LogP contribution >= 0.6 is 0 Å². The lowest BCUT2D eigenvalue weighted by Gasteiger charge is -2.37. The van der Waals surface area contributed by atoms with Crippen LogP contribution in [-0.2, 0) is 10.0 Å². The highest BCUT2D eigenvalue weighted by Gasteiger charge is 2.36. The minimum absolute atomic E-state index is 0.109. The summed E-state index contributed by atoms with van der Waals surface area (Å²) in [5.74, 6) is -0.472. The number of nitrogens with two attached hydrogens (primary N) is 1. The number of piperidine rings is 1. The molecule has 1 unspecified atom stereocenters. The Morgan fingerprint density at radius 1 is 1.23 bits per heavy atom. The van der Waals surface area contributed by atoms with Gasteiger partial charge in [-0.3, -0.25) is 4.98 Å². The van der Waals surface area contributed by atoms with Gasteiger partial charge < -0.3 is 15.5 Å². The molecular formula is C17H26FN5O2S. The summed E-state index contributed by atoms with van der Waals surface area (Å²) in [4.78, 5) is 7.59. The highest BCUT2D eigenvalue weighted by Crippen LogP contribution is 2.31. The molecule has 1 fully saturated rings. The van der Waals surface area contributed by atoms with Crippen LogP contribution in [-0.4, -0.2) is 67.6 Å². The van der Waals surface area contributed by atoms with E-state index in [2.05, 4.69) is 4.98 Å². The quantitative estimate of drug-likeness (QED) is 0.843. The van der Waals surface area contributed by atoms with Gasteiger partial charge in [-0.25, -0.2) is 12.8 Å². The average Bonchev–Trinajstić information content (AvgIpc) is 2.62. The second-order valence-electron chi connectivity index (χ2n) is 6.98. The van der Waals surface area contributed by atoms with Crippen molar-refractivity contribution in [3.05, 3.63) is 30.5 Å². The summed E-state index contributed by atoms with van der Waals surface area (Å²) in [5, 5.41) is -0.456. The Morgan fingerprint density at radius 2 is 1.92 bits per heavy atom. The lowest BCUT2D eigenvalue weighted by atomic mass is 10.1. The number of rotatable bonds is 4. The fraction of sp³-hybridized carbons (Fsp3) is 0.588. The zero-order chi connectivity index (χ0) is 18.9. The SMILES string of the molecule is CN1C=CC(N(C)S(=O)(=O)C2CCN(c3c(N)cncc3F)CC2)CC1. The highest BCUT2D eigenvalue weighted by molar-refractivity contribution is 7.89. The van der Waals surface area contributed by atoms with E-state index in [-0.39, 0.29) is 11.7 Å². The number of nitrogen functional groups attached to an aromatic ring is 1. The summed E-state index contributed by atoms with van der Waals surface area (Å²) in [5.41, 5.74) is 6.45. The lowest BCUT2D eigenvalue weighted by Crippen LogP contribution is -2.48. The number of hydrogen-bond donors (Lipinski definition) is 1. The van der Waals surface area contributed by atoms with Crippen molar-refractivity contribution < 1.29 is 12.8 Å². The second-order valence-corrected chi connectivity index (χ2v) is 9.26. The van der Waals surface area contributed by atoms with Crippen LogP contribution in [0.4, 0.5) is 15.8 Å². The van der Waals surface area contributed by atoms with Crippen molar-refractivity contribution in [2.45, 2.75) is 30.6 Å². The molecule has 2 N–H and O–H groups in total. The molecule has 0 saturated carbocycles. The van der Waals surface area contributed by atoms with Crippen LogP contribution in [0.5, 0.6) is 0 Å². The van der Waals surface area contributed by atoms with E-state index >= 15 is 0 Å². The smallest absolute Gasteiger partial charge is 0.217 e. The van der Waals surface area contributed by atoms with Crippen molar-refractivity contribution >= 4 is 21.4 Å². The largest absolute Gasteiger partial charge is 0.396 e. The monoisotopic (exact) mass is 383 g/mol. The van der Waals surface area contributed by atoms with Gasteiger partial charge in [0.25, 0.3) is 0 Å². The summed E-state index contributed by atoms with van der Waals surface area (Å²) < 4.78 is 41.5. The topological polar surface area (TPSA) is 82.8 Å². The molecule has 0 amide bonds. The van der Waals surface area contributed by atoms with Gasteiger partial charge in [-0.1, -0.05) is 6.08 Å². The third kappa shape index (κ3) is 3.64. The average molecular weight is 383 g/mol. The number of hydrogen-bond acceptors (Lipinski definition) is 6. The zero-order valence-electron chi connectivity index (χ0n) is 15.2. The van der Waals surface area contributed by atoms with Gasteiger partial charge in [0.1, 0.15) is 0 Å². The van der Waals surface area contributed by atoms with Gasteiger partial charge in [0.05, 0.1) is 29.0 Å². The second kappa shape index (κ2) is 7.40. The van der Waals surface area contributed by atoms with Crippen LogP contribution < -0.4 is 10.6 Å². The summed E-state index contributed by atoms with van der Waals surface area (Å²) in [6.45, 7) is 1.73.